The standard InChI is InChI=1S/C30H38ClN7O5/c1-20-15-32-27(31)34-26(20)21-16-33-37(17-21)18-30(10-11-30)19-42-25-14-23(38(40)41)6-7-24(25)36-12-8-22(9-13-36)35(5)28(39)43-29(2,3)4/h6-7,14-17,22H,8-13,18-19H2,1-5H3. The summed E-state index contributed by atoms with van der Waals surface area (Å²) in [5.74, 6) is 0.492. The van der Waals surface area contributed by atoms with Gasteiger partial charge in [-0.1, -0.05) is 0 Å². The molecule has 0 spiro atoms. The summed E-state index contributed by atoms with van der Waals surface area (Å²) in [6.45, 7) is 9.91. The molecule has 12 nitrogen and oxygen atoms in total. The van der Waals surface area contributed by atoms with Gasteiger partial charge in [0.25, 0.3) is 5.69 Å². The van der Waals surface area contributed by atoms with Crippen LogP contribution >= 0.6 is 11.6 Å². The first-order chi connectivity index (χ1) is 20.3. The van der Waals surface area contributed by atoms with Crippen LogP contribution in [-0.4, -0.2) is 74.1 Å². The molecule has 0 unspecified atom stereocenters. The number of ether oxygens (including phenoxy) is 2. The Kier molecular flexibility index (Phi) is 8.51. The van der Waals surface area contributed by atoms with E-state index in [-0.39, 0.29) is 28.5 Å². The van der Waals surface area contributed by atoms with Crippen LogP contribution < -0.4 is 9.64 Å². The highest BCUT2D eigenvalue weighted by atomic mass is 35.5. The molecule has 0 atom stereocenters. The first-order valence-electron chi connectivity index (χ1n) is 14.5. The van der Waals surface area contributed by atoms with Gasteiger partial charge < -0.3 is 19.3 Å². The number of nitrogens with zero attached hydrogens (tertiary/aromatic N) is 7. The van der Waals surface area contributed by atoms with E-state index in [1.165, 1.54) is 12.1 Å². The molecule has 2 aromatic heterocycles. The van der Waals surface area contributed by atoms with Crippen LogP contribution in [0.15, 0.2) is 36.8 Å². The molecule has 230 valence electrons. The number of rotatable bonds is 9. The van der Waals surface area contributed by atoms with Crippen LogP contribution in [0.2, 0.25) is 5.28 Å². The maximum absolute atomic E-state index is 12.6. The molecule has 43 heavy (non-hydrogen) atoms. The lowest BCUT2D eigenvalue weighted by molar-refractivity contribution is -0.384. The summed E-state index contributed by atoms with van der Waals surface area (Å²) in [5.41, 5.74) is 2.64. The van der Waals surface area contributed by atoms with Crippen molar-refractivity contribution in [2.45, 2.75) is 71.6 Å². The van der Waals surface area contributed by atoms with Crippen molar-refractivity contribution in [2.75, 3.05) is 31.6 Å². The second-order valence-electron chi connectivity index (χ2n) is 12.6. The van der Waals surface area contributed by atoms with E-state index in [0.717, 1.165) is 48.2 Å². The predicted molar refractivity (Wildman–Crippen MR) is 162 cm³/mol. The Hall–Kier alpha value is -3.93. The number of benzene rings is 1. The van der Waals surface area contributed by atoms with Crippen molar-refractivity contribution < 1.29 is 19.2 Å². The largest absolute Gasteiger partial charge is 0.490 e. The third-order valence-electron chi connectivity index (χ3n) is 8.03. The van der Waals surface area contributed by atoms with Gasteiger partial charge in [0, 0.05) is 62.2 Å². The van der Waals surface area contributed by atoms with Crippen LogP contribution in [0.1, 0.15) is 52.0 Å². The van der Waals surface area contributed by atoms with Gasteiger partial charge in [-0.25, -0.2) is 14.8 Å². The van der Waals surface area contributed by atoms with E-state index in [2.05, 4.69) is 20.0 Å². The van der Waals surface area contributed by atoms with E-state index in [4.69, 9.17) is 21.1 Å². The normalized spacial score (nSPS) is 16.6. The summed E-state index contributed by atoms with van der Waals surface area (Å²) in [7, 11) is 1.77. The molecular formula is C30H38ClN7O5. The first kappa shape index (κ1) is 30.5. The minimum atomic E-state index is -0.556. The smallest absolute Gasteiger partial charge is 0.410 e. The average Bonchev–Trinajstić information content (AvgIpc) is 3.57. The molecule has 1 aliphatic heterocycles. The summed E-state index contributed by atoms with van der Waals surface area (Å²) in [6.07, 6.45) is 8.50. The number of hydrogen-bond donors (Lipinski definition) is 0. The van der Waals surface area contributed by atoms with Crippen LogP contribution in [0.3, 0.4) is 0 Å². The van der Waals surface area contributed by atoms with E-state index in [9.17, 15) is 14.9 Å². The second kappa shape index (κ2) is 12.0. The Morgan fingerprint density at radius 3 is 2.60 bits per heavy atom. The Balaban J connectivity index is 1.25. The number of carbonyl (C=O) groups is 1. The van der Waals surface area contributed by atoms with Crippen LogP contribution in [0.5, 0.6) is 5.75 Å². The van der Waals surface area contributed by atoms with Crippen molar-refractivity contribution in [3.05, 3.63) is 57.8 Å². The maximum atomic E-state index is 12.6. The fourth-order valence-electron chi connectivity index (χ4n) is 5.35. The maximum Gasteiger partial charge on any atom is 0.410 e. The zero-order valence-corrected chi connectivity index (χ0v) is 26.0. The minimum Gasteiger partial charge on any atom is -0.490 e. The molecule has 1 aliphatic carbocycles. The van der Waals surface area contributed by atoms with Crippen molar-refractivity contribution in [1.82, 2.24) is 24.6 Å². The summed E-state index contributed by atoms with van der Waals surface area (Å²) in [5, 5.41) is 16.3. The van der Waals surface area contributed by atoms with Gasteiger partial charge in [-0.2, -0.15) is 5.10 Å². The van der Waals surface area contributed by atoms with Gasteiger partial charge in [0.15, 0.2) is 0 Å². The molecular weight excluding hydrogens is 574 g/mol. The van der Waals surface area contributed by atoms with Crippen molar-refractivity contribution in [2.24, 2.45) is 5.41 Å². The summed E-state index contributed by atoms with van der Waals surface area (Å²) >= 11 is 6.01. The van der Waals surface area contributed by atoms with E-state index in [0.29, 0.717) is 32.0 Å². The highest BCUT2D eigenvalue weighted by Gasteiger charge is 2.44. The highest BCUT2D eigenvalue weighted by Crippen LogP contribution is 2.48. The molecule has 3 heterocycles. The SMILES string of the molecule is Cc1cnc(Cl)nc1-c1cnn(CC2(COc3cc([N+](=O)[O-])ccc3N3CCC(N(C)C(=O)OC(C)(C)C)CC3)CC2)c1. The number of non-ortho nitro benzene ring substituents is 1. The number of carbonyl (C=O) groups excluding carboxylic acids is 1. The molecule has 1 amide bonds. The molecule has 3 aromatic rings. The molecule has 0 N–H and O–H groups in total. The van der Waals surface area contributed by atoms with Gasteiger partial charge in [-0.3, -0.25) is 14.8 Å². The van der Waals surface area contributed by atoms with Gasteiger partial charge >= 0.3 is 6.09 Å². The van der Waals surface area contributed by atoms with E-state index in [1.54, 1.807) is 30.4 Å². The highest BCUT2D eigenvalue weighted by molar-refractivity contribution is 6.28. The molecule has 2 aliphatic rings. The Morgan fingerprint density at radius 1 is 1.23 bits per heavy atom. The minimum absolute atomic E-state index is 0.0151. The number of amides is 1. The fraction of sp³-hybridized carbons (Fsp3) is 0.533. The Bertz CT molecular complexity index is 1490. The number of aryl methyl sites for hydroxylation is 1. The van der Waals surface area contributed by atoms with Crippen LogP contribution in [-0.2, 0) is 11.3 Å². The van der Waals surface area contributed by atoms with E-state index >= 15 is 0 Å². The number of piperidine rings is 1. The molecule has 0 radical (unpaired) electrons. The number of anilines is 1. The third-order valence-corrected chi connectivity index (χ3v) is 8.21. The topological polar surface area (TPSA) is 129 Å². The fourth-order valence-corrected chi connectivity index (χ4v) is 5.49. The number of hydrogen-bond acceptors (Lipinski definition) is 9. The average molecular weight is 612 g/mol. The van der Waals surface area contributed by atoms with E-state index in [1.807, 2.05) is 38.6 Å². The number of aromatic nitrogens is 4. The van der Waals surface area contributed by atoms with Gasteiger partial charge in [-0.15, -0.1) is 0 Å². The number of nitro benzene ring substituents is 1. The lowest BCUT2D eigenvalue weighted by atomic mass is 10.0. The zero-order valence-electron chi connectivity index (χ0n) is 25.2. The molecule has 5 rings (SSSR count). The molecule has 0 bridgehead atoms. The van der Waals surface area contributed by atoms with E-state index < -0.39 is 10.5 Å². The number of nitro groups is 1. The van der Waals surface area contributed by atoms with Crippen molar-refractivity contribution in [3.63, 3.8) is 0 Å². The van der Waals surface area contributed by atoms with Crippen LogP contribution in [0.25, 0.3) is 11.3 Å². The van der Waals surface area contributed by atoms with Gasteiger partial charge in [0.2, 0.25) is 5.28 Å². The van der Waals surface area contributed by atoms with Gasteiger partial charge in [0.1, 0.15) is 11.4 Å². The molecule has 1 saturated heterocycles. The van der Waals surface area contributed by atoms with Crippen LogP contribution in [0, 0.1) is 22.5 Å². The molecule has 1 saturated carbocycles. The molecule has 2 fully saturated rings. The lowest BCUT2D eigenvalue weighted by Crippen LogP contribution is -2.47. The zero-order chi connectivity index (χ0) is 30.9. The third kappa shape index (κ3) is 7.35. The first-order valence-corrected chi connectivity index (χ1v) is 14.8. The lowest BCUT2D eigenvalue weighted by Gasteiger charge is -2.38. The van der Waals surface area contributed by atoms with Gasteiger partial charge in [-0.05, 0) is 76.6 Å². The molecule has 13 heteroatoms. The molecule has 1 aromatic carbocycles. The van der Waals surface area contributed by atoms with Crippen LogP contribution in [0.4, 0.5) is 16.2 Å². The second-order valence-corrected chi connectivity index (χ2v) is 12.9. The predicted octanol–water partition coefficient (Wildman–Crippen LogP) is 5.91. The van der Waals surface area contributed by atoms with Gasteiger partial charge in [0.05, 0.1) is 35.2 Å². The van der Waals surface area contributed by atoms with Crippen molar-refractivity contribution >= 4 is 29.1 Å². The quantitative estimate of drug-likeness (QED) is 0.165. The number of halogens is 1. The van der Waals surface area contributed by atoms with Crippen molar-refractivity contribution in [1.29, 1.82) is 0 Å². The summed E-state index contributed by atoms with van der Waals surface area (Å²) in [6, 6.07) is 4.84. The Morgan fingerprint density at radius 2 is 1.95 bits per heavy atom. The monoisotopic (exact) mass is 611 g/mol. The van der Waals surface area contributed by atoms with Crippen molar-refractivity contribution in [3.8, 4) is 17.0 Å². The summed E-state index contributed by atoms with van der Waals surface area (Å²) < 4.78 is 13.8. The summed E-state index contributed by atoms with van der Waals surface area (Å²) in [4.78, 5) is 36.0. The Labute approximate surface area is 256 Å².